The molecule has 4 unspecified atom stereocenters. The van der Waals surface area contributed by atoms with Crippen LogP contribution in [0.15, 0.2) is 60.2 Å². The molecule has 2 aromatic carbocycles. The Hall–Kier alpha value is -2.33. The number of hydrogen-bond donors (Lipinski definition) is 0. The fraction of sp³-hybridized carbons (Fsp3) is 0.360. The largest absolute Gasteiger partial charge is 0.378 e. The van der Waals surface area contributed by atoms with Crippen molar-refractivity contribution in [1.29, 1.82) is 0 Å². The summed E-state index contributed by atoms with van der Waals surface area (Å²) in [5, 5.41) is 0. The van der Waals surface area contributed by atoms with Crippen molar-refractivity contribution in [3.63, 3.8) is 0 Å². The van der Waals surface area contributed by atoms with Gasteiger partial charge in [0.2, 0.25) is 0 Å². The van der Waals surface area contributed by atoms with Crippen LogP contribution in [0.4, 0.5) is 13.2 Å². The molecule has 0 aromatic heterocycles. The Morgan fingerprint density at radius 3 is 2.21 bits per heavy atom. The van der Waals surface area contributed by atoms with E-state index >= 15 is 0 Å². The van der Waals surface area contributed by atoms with E-state index in [0.29, 0.717) is 28.9 Å². The molecule has 152 valence electrons. The topological polar surface area (TPSA) is 9.23 Å². The normalized spacial score (nSPS) is 27.3. The number of halogens is 3. The van der Waals surface area contributed by atoms with Gasteiger partial charge in [-0.3, -0.25) is 0 Å². The van der Waals surface area contributed by atoms with E-state index in [1.807, 2.05) is 31.2 Å². The molecule has 4 atom stereocenters. The van der Waals surface area contributed by atoms with Crippen molar-refractivity contribution in [3.05, 3.63) is 77.1 Å². The van der Waals surface area contributed by atoms with Crippen molar-refractivity contribution in [2.45, 2.75) is 51.1 Å². The summed E-state index contributed by atoms with van der Waals surface area (Å²) in [6, 6.07) is 12.5. The predicted octanol–water partition coefficient (Wildman–Crippen LogP) is 6.79. The molecule has 2 aromatic rings. The van der Waals surface area contributed by atoms with E-state index in [0.717, 1.165) is 24.0 Å². The van der Waals surface area contributed by atoms with Gasteiger partial charge >= 0.3 is 0 Å². The Morgan fingerprint density at radius 2 is 1.55 bits per heavy atom. The highest BCUT2D eigenvalue weighted by molar-refractivity contribution is 5.75. The molecule has 1 heterocycles. The lowest BCUT2D eigenvalue weighted by Crippen LogP contribution is -2.22. The third kappa shape index (κ3) is 4.04. The molecular weight excluding hydrogens is 373 g/mol. The number of allylic oxidation sites excluding steroid dienone is 4. The predicted molar refractivity (Wildman–Crippen MR) is 111 cm³/mol. The summed E-state index contributed by atoms with van der Waals surface area (Å²) in [6.07, 6.45) is 2.08. The first kappa shape index (κ1) is 20.0. The highest BCUT2D eigenvalue weighted by atomic mass is 19.2. The van der Waals surface area contributed by atoms with Crippen LogP contribution in [0.25, 0.3) is 16.7 Å². The van der Waals surface area contributed by atoms with Crippen LogP contribution in [0, 0.1) is 5.82 Å². The van der Waals surface area contributed by atoms with Crippen LogP contribution in [-0.2, 0) is 4.74 Å². The minimum Gasteiger partial charge on any atom is -0.378 e. The number of hydrogen-bond acceptors (Lipinski definition) is 1. The van der Waals surface area contributed by atoms with Crippen LogP contribution >= 0.6 is 0 Å². The van der Waals surface area contributed by atoms with E-state index in [2.05, 4.69) is 0 Å². The Kier molecular flexibility index (Phi) is 5.64. The summed E-state index contributed by atoms with van der Waals surface area (Å²) >= 11 is 0. The molecule has 2 aliphatic rings. The van der Waals surface area contributed by atoms with E-state index in [4.69, 9.17) is 4.74 Å². The van der Waals surface area contributed by atoms with Crippen LogP contribution in [-0.4, -0.2) is 25.1 Å². The smallest absolute Gasteiger partial charge is 0.161 e. The van der Waals surface area contributed by atoms with Gasteiger partial charge in [-0.05, 0) is 66.2 Å². The van der Waals surface area contributed by atoms with Crippen LogP contribution in [0.3, 0.4) is 0 Å². The third-order valence-electron chi connectivity index (χ3n) is 6.01. The third-order valence-corrected chi connectivity index (χ3v) is 6.01. The summed E-state index contributed by atoms with van der Waals surface area (Å²) in [4.78, 5) is 0. The van der Waals surface area contributed by atoms with Crippen molar-refractivity contribution in [2.24, 2.45) is 0 Å². The molecule has 0 spiro atoms. The summed E-state index contributed by atoms with van der Waals surface area (Å²) in [5.41, 5.74) is 3.66. The van der Waals surface area contributed by atoms with Gasteiger partial charge in [-0.25, -0.2) is 13.2 Å². The van der Waals surface area contributed by atoms with Crippen LogP contribution in [0.2, 0.25) is 0 Å². The number of benzene rings is 2. The Balaban J connectivity index is 1.54. The van der Waals surface area contributed by atoms with Gasteiger partial charge in [-0.15, -0.1) is 0 Å². The van der Waals surface area contributed by atoms with E-state index in [1.165, 1.54) is 0 Å². The van der Waals surface area contributed by atoms with Crippen LogP contribution < -0.4 is 0 Å². The summed E-state index contributed by atoms with van der Waals surface area (Å²) in [5.74, 6) is -0.137. The molecule has 0 amide bonds. The van der Waals surface area contributed by atoms with E-state index < -0.39 is 12.3 Å². The molecule has 0 saturated carbocycles. The maximum atomic E-state index is 14.8. The summed E-state index contributed by atoms with van der Waals surface area (Å²) < 4.78 is 48.8. The van der Waals surface area contributed by atoms with Crippen molar-refractivity contribution in [2.75, 3.05) is 6.61 Å². The standard InChI is InChI=1S/C25H25F3O/c1-15-3-11-22(25(28)24(15)27)18-8-6-17(7-9-18)19-10-12-21(23(26)13-19)20-5-4-16(2)29-14-20/h3,6-13,16,20,24-25H,4-5,14H2,1-2H3. The van der Waals surface area contributed by atoms with Gasteiger partial charge in [0, 0.05) is 5.92 Å². The Bertz CT molecular complexity index is 937. The molecule has 4 heteroatoms. The monoisotopic (exact) mass is 398 g/mol. The molecule has 0 bridgehead atoms. The molecular formula is C25H25F3O. The molecule has 1 nitrogen and oxygen atoms in total. The zero-order valence-electron chi connectivity index (χ0n) is 16.7. The lowest BCUT2D eigenvalue weighted by Gasteiger charge is -2.27. The first-order valence-corrected chi connectivity index (χ1v) is 10.1. The fourth-order valence-electron chi connectivity index (χ4n) is 4.07. The highest BCUT2D eigenvalue weighted by Crippen LogP contribution is 2.34. The maximum Gasteiger partial charge on any atom is 0.161 e. The van der Waals surface area contributed by atoms with E-state index in [-0.39, 0.29) is 17.8 Å². The van der Waals surface area contributed by atoms with Gasteiger partial charge in [0.05, 0.1) is 12.7 Å². The number of rotatable bonds is 3. The Morgan fingerprint density at radius 1 is 0.862 bits per heavy atom. The zero-order valence-corrected chi connectivity index (χ0v) is 16.7. The summed E-state index contributed by atoms with van der Waals surface area (Å²) in [7, 11) is 0. The average Bonchev–Trinajstić information content (AvgIpc) is 2.73. The molecule has 1 saturated heterocycles. The molecule has 4 rings (SSSR count). The fourth-order valence-corrected chi connectivity index (χ4v) is 4.07. The SMILES string of the molecule is CC1=CC=C(c2ccc(-c3ccc(C4CCC(C)OC4)c(F)c3)cc2)C(F)C1F. The second kappa shape index (κ2) is 8.19. The van der Waals surface area contributed by atoms with Gasteiger partial charge in [-0.1, -0.05) is 48.6 Å². The van der Waals surface area contributed by atoms with E-state index in [9.17, 15) is 13.2 Å². The molecule has 1 aliphatic heterocycles. The van der Waals surface area contributed by atoms with Crippen molar-refractivity contribution in [3.8, 4) is 11.1 Å². The molecule has 1 aliphatic carbocycles. The van der Waals surface area contributed by atoms with Crippen molar-refractivity contribution < 1.29 is 17.9 Å². The molecule has 1 fully saturated rings. The number of ether oxygens (including phenoxy) is 1. The van der Waals surface area contributed by atoms with Gasteiger partial charge in [0.1, 0.15) is 5.82 Å². The van der Waals surface area contributed by atoms with Gasteiger partial charge in [0.25, 0.3) is 0 Å². The average molecular weight is 398 g/mol. The quantitative estimate of drug-likeness (QED) is 0.553. The highest BCUT2D eigenvalue weighted by Gasteiger charge is 2.29. The lowest BCUT2D eigenvalue weighted by molar-refractivity contribution is 0.0148. The van der Waals surface area contributed by atoms with Crippen LogP contribution in [0.1, 0.15) is 43.7 Å². The zero-order chi connectivity index (χ0) is 20.5. The van der Waals surface area contributed by atoms with E-state index in [1.54, 1.807) is 37.3 Å². The Labute approximate surface area is 169 Å². The summed E-state index contributed by atoms with van der Waals surface area (Å²) in [6.45, 7) is 4.18. The van der Waals surface area contributed by atoms with Crippen molar-refractivity contribution in [1.82, 2.24) is 0 Å². The molecule has 29 heavy (non-hydrogen) atoms. The molecule has 0 radical (unpaired) electrons. The first-order valence-electron chi connectivity index (χ1n) is 10.1. The first-order chi connectivity index (χ1) is 13.9. The lowest BCUT2D eigenvalue weighted by atomic mass is 9.89. The van der Waals surface area contributed by atoms with Gasteiger partial charge in [0.15, 0.2) is 12.3 Å². The van der Waals surface area contributed by atoms with Crippen LogP contribution in [0.5, 0.6) is 0 Å². The van der Waals surface area contributed by atoms with Gasteiger partial charge in [-0.2, -0.15) is 0 Å². The van der Waals surface area contributed by atoms with Gasteiger partial charge < -0.3 is 4.74 Å². The molecule has 0 N–H and O–H groups in total. The van der Waals surface area contributed by atoms with Crippen molar-refractivity contribution >= 4 is 5.57 Å². The second-order valence-corrected chi connectivity index (χ2v) is 8.07. The minimum absolute atomic E-state index is 0.0903. The number of alkyl halides is 2. The maximum absolute atomic E-state index is 14.8. The minimum atomic E-state index is -1.66. The second-order valence-electron chi connectivity index (χ2n) is 8.07.